The van der Waals surface area contributed by atoms with Crippen LogP contribution >= 0.6 is 0 Å². The molecular weight excluding hydrogens is 256 g/mol. The van der Waals surface area contributed by atoms with Gasteiger partial charge in [0.1, 0.15) is 5.82 Å². The van der Waals surface area contributed by atoms with Crippen LogP contribution < -0.4 is 5.32 Å². The quantitative estimate of drug-likeness (QED) is 0.754. The molecule has 1 unspecified atom stereocenters. The van der Waals surface area contributed by atoms with Crippen LogP contribution in [0, 0.1) is 0 Å². The van der Waals surface area contributed by atoms with Gasteiger partial charge in [0.05, 0.1) is 6.10 Å². The lowest BCUT2D eigenvalue weighted by molar-refractivity contribution is 0.0691. The molecule has 3 N–H and O–H groups in total. The molecular formula is C15H18N2O3. The van der Waals surface area contributed by atoms with Gasteiger partial charge in [0.2, 0.25) is 0 Å². The summed E-state index contributed by atoms with van der Waals surface area (Å²) in [6, 6.07) is 8.99. The lowest BCUT2D eigenvalue weighted by Gasteiger charge is -2.13. The fourth-order valence-electron chi connectivity index (χ4n) is 2.09. The largest absolute Gasteiger partial charge is 0.477 e. The van der Waals surface area contributed by atoms with Crippen molar-refractivity contribution in [3.8, 4) is 0 Å². The second-order valence-electron chi connectivity index (χ2n) is 4.71. The predicted molar refractivity (Wildman–Crippen MR) is 78.1 cm³/mol. The summed E-state index contributed by atoms with van der Waals surface area (Å²) >= 11 is 0. The van der Waals surface area contributed by atoms with Gasteiger partial charge in [-0.3, -0.25) is 0 Å². The first-order valence-electron chi connectivity index (χ1n) is 6.67. The number of rotatable bonds is 6. The number of aromatic carboxylic acids is 1. The number of aliphatic hydroxyl groups is 1. The average Bonchev–Trinajstić information content (AvgIpc) is 2.44. The highest BCUT2D eigenvalue weighted by Gasteiger charge is 2.11. The molecule has 5 heteroatoms. The van der Waals surface area contributed by atoms with E-state index in [4.69, 9.17) is 5.11 Å². The summed E-state index contributed by atoms with van der Waals surface area (Å²) < 4.78 is 0. The summed E-state index contributed by atoms with van der Waals surface area (Å²) in [6.45, 7) is 2.36. The second kappa shape index (κ2) is 6.34. The first-order valence-corrected chi connectivity index (χ1v) is 6.67. The van der Waals surface area contributed by atoms with E-state index in [0.29, 0.717) is 18.8 Å². The van der Waals surface area contributed by atoms with E-state index in [0.717, 1.165) is 17.2 Å². The van der Waals surface area contributed by atoms with Crippen molar-refractivity contribution < 1.29 is 15.0 Å². The molecule has 5 nitrogen and oxygen atoms in total. The number of hydrogen-bond acceptors (Lipinski definition) is 4. The van der Waals surface area contributed by atoms with Crippen molar-refractivity contribution in [1.29, 1.82) is 0 Å². The fourth-order valence-corrected chi connectivity index (χ4v) is 2.09. The minimum atomic E-state index is -1.06. The zero-order valence-electron chi connectivity index (χ0n) is 11.3. The van der Waals surface area contributed by atoms with E-state index in [1.807, 2.05) is 31.2 Å². The summed E-state index contributed by atoms with van der Waals surface area (Å²) in [6.07, 6.45) is 1.13. The van der Waals surface area contributed by atoms with Crippen LogP contribution in [0.4, 0.5) is 5.82 Å². The molecule has 0 saturated carbocycles. The minimum absolute atomic E-state index is 0.00354. The highest BCUT2D eigenvalue weighted by molar-refractivity contribution is 5.97. The van der Waals surface area contributed by atoms with Crippen molar-refractivity contribution in [1.82, 2.24) is 4.98 Å². The molecule has 1 atom stereocenters. The van der Waals surface area contributed by atoms with Crippen LogP contribution in [0.3, 0.4) is 0 Å². The Labute approximate surface area is 117 Å². The SMILES string of the molecule is CCCC(O)CNc1nc(C(=O)O)cc2ccccc12. The van der Waals surface area contributed by atoms with E-state index in [1.54, 1.807) is 6.07 Å². The molecule has 1 aromatic carbocycles. The van der Waals surface area contributed by atoms with Crippen LogP contribution in [0.25, 0.3) is 10.8 Å². The van der Waals surface area contributed by atoms with Gasteiger partial charge in [-0.2, -0.15) is 0 Å². The third kappa shape index (κ3) is 3.24. The Morgan fingerprint density at radius 1 is 1.40 bits per heavy atom. The van der Waals surface area contributed by atoms with Crippen LogP contribution in [-0.2, 0) is 0 Å². The van der Waals surface area contributed by atoms with Gasteiger partial charge >= 0.3 is 5.97 Å². The Hall–Kier alpha value is -2.14. The molecule has 106 valence electrons. The number of aliphatic hydroxyl groups excluding tert-OH is 1. The summed E-state index contributed by atoms with van der Waals surface area (Å²) in [7, 11) is 0. The molecule has 0 amide bonds. The number of anilines is 1. The summed E-state index contributed by atoms with van der Waals surface area (Å²) in [5.74, 6) is -0.566. The zero-order chi connectivity index (χ0) is 14.5. The van der Waals surface area contributed by atoms with Gasteiger partial charge in [0, 0.05) is 11.9 Å². The Bertz CT molecular complexity index is 613. The summed E-state index contributed by atoms with van der Waals surface area (Å²) in [5.41, 5.74) is -0.00354. The highest BCUT2D eigenvalue weighted by atomic mass is 16.4. The number of benzene rings is 1. The van der Waals surface area contributed by atoms with E-state index in [-0.39, 0.29) is 5.69 Å². The van der Waals surface area contributed by atoms with Crippen molar-refractivity contribution in [2.24, 2.45) is 0 Å². The average molecular weight is 274 g/mol. The number of hydrogen-bond donors (Lipinski definition) is 3. The molecule has 1 heterocycles. The lowest BCUT2D eigenvalue weighted by atomic mass is 10.1. The predicted octanol–water partition coefficient (Wildman–Crippen LogP) is 2.51. The highest BCUT2D eigenvalue weighted by Crippen LogP contribution is 2.22. The molecule has 0 spiro atoms. The monoisotopic (exact) mass is 274 g/mol. The molecule has 0 radical (unpaired) electrons. The fraction of sp³-hybridized carbons (Fsp3) is 0.333. The zero-order valence-corrected chi connectivity index (χ0v) is 11.3. The van der Waals surface area contributed by atoms with Crippen LogP contribution in [0.1, 0.15) is 30.3 Å². The van der Waals surface area contributed by atoms with Crippen LogP contribution in [0.15, 0.2) is 30.3 Å². The third-order valence-electron chi connectivity index (χ3n) is 3.09. The molecule has 1 aromatic heterocycles. The molecule has 0 aliphatic heterocycles. The van der Waals surface area contributed by atoms with Crippen molar-refractivity contribution in [3.05, 3.63) is 36.0 Å². The number of nitrogens with zero attached hydrogens (tertiary/aromatic N) is 1. The molecule has 0 aliphatic rings. The first-order chi connectivity index (χ1) is 9.61. The molecule has 0 aliphatic carbocycles. The van der Waals surface area contributed by atoms with Crippen molar-refractivity contribution in [2.75, 3.05) is 11.9 Å². The maximum Gasteiger partial charge on any atom is 0.354 e. The van der Waals surface area contributed by atoms with Gasteiger partial charge in [0.15, 0.2) is 5.69 Å². The lowest BCUT2D eigenvalue weighted by Crippen LogP contribution is -2.20. The third-order valence-corrected chi connectivity index (χ3v) is 3.09. The van der Waals surface area contributed by atoms with E-state index < -0.39 is 12.1 Å². The second-order valence-corrected chi connectivity index (χ2v) is 4.71. The number of pyridine rings is 1. The van der Waals surface area contributed by atoms with Crippen LogP contribution in [-0.4, -0.2) is 33.8 Å². The smallest absolute Gasteiger partial charge is 0.354 e. The molecule has 0 bridgehead atoms. The van der Waals surface area contributed by atoms with E-state index in [1.165, 1.54) is 0 Å². The first kappa shape index (κ1) is 14.3. The Morgan fingerprint density at radius 2 is 2.15 bits per heavy atom. The minimum Gasteiger partial charge on any atom is -0.477 e. The Morgan fingerprint density at radius 3 is 2.85 bits per heavy atom. The Kier molecular flexibility index (Phi) is 4.53. The maximum atomic E-state index is 11.1. The topological polar surface area (TPSA) is 82.5 Å². The number of aromatic nitrogens is 1. The number of carboxylic acids is 1. The molecule has 2 aromatic rings. The van der Waals surface area contributed by atoms with E-state index in [2.05, 4.69) is 10.3 Å². The van der Waals surface area contributed by atoms with E-state index >= 15 is 0 Å². The summed E-state index contributed by atoms with van der Waals surface area (Å²) in [5, 5.41) is 23.5. The van der Waals surface area contributed by atoms with Crippen molar-refractivity contribution >= 4 is 22.6 Å². The Balaban J connectivity index is 2.32. The van der Waals surface area contributed by atoms with Crippen LogP contribution in [0.5, 0.6) is 0 Å². The normalized spacial score (nSPS) is 12.3. The van der Waals surface area contributed by atoms with Crippen molar-refractivity contribution in [2.45, 2.75) is 25.9 Å². The standard InChI is InChI=1S/C15H18N2O3/c1-2-5-11(18)9-16-14-12-7-4-3-6-10(12)8-13(17-14)15(19)20/h3-4,6-8,11,18H,2,5,9H2,1H3,(H,16,17)(H,19,20). The van der Waals surface area contributed by atoms with Gasteiger partial charge in [-0.15, -0.1) is 0 Å². The number of carboxylic acid groups (broad SMARTS) is 1. The van der Waals surface area contributed by atoms with Gasteiger partial charge in [-0.25, -0.2) is 9.78 Å². The summed E-state index contributed by atoms with van der Waals surface area (Å²) in [4.78, 5) is 15.2. The molecule has 0 saturated heterocycles. The van der Waals surface area contributed by atoms with Gasteiger partial charge in [-0.05, 0) is 17.9 Å². The molecule has 20 heavy (non-hydrogen) atoms. The van der Waals surface area contributed by atoms with E-state index in [9.17, 15) is 9.90 Å². The van der Waals surface area contributed by atoms with Gasteiger partial charge < -0.3 is 15.5 Å². The molecule has 2 rings (SSSR count). The van der Waals surface area contributed by atoms with Crippen LogP contribution in [0.2, 0.25) is 0 Å². The number of fused-ring (bicyclic) bond motifs is 1. The van der Waals surface area contributed by atoms with Gasteiger partial charge in [-0.1, -0.05) is 37.6 Å². The van der Waals surface area contributed by atoms with Crippen molar-refractivity contribution in [3.63, 3.8) is 0 Å². The number of carbonyl (C=O) groups is 1. The number of nitrogens with one attached hydrogen (secondary N) is 1. The maximum absolute atomic E-state index is 11.1. The van der Waals surface area contributed by atoms with Gasteiger partial charge in [0.25, 0.3) is 0 Å². The molecule has 0 fully saturated rings.